The SMILES string of the molecule is COc1ccc(OC)c(NC(=O)COC(=O)[C@@H](Cc2ccccc2)N2C(=O)c3ccccc3C2=O)c1. The molecule has 1 N–H and O–H groups in total. The lowest BCUT2D eigenvalue weighted by Gasteiger charge is -2.24. The molecular weight excluding hydrogens is 464 g/mol. The highest BCUT2D eigenvalue weighted by molar-refractivity contribution is 6.22. The standard InChI is InChI=1S/C27H24N2O7/c1-34-18-12-13-23(35-2)21(15-18)28-24(30)16-36-27(33)22(14-17-8-4-3-5-9-17)29-25(31)19-10-6-7-11-20(19)26(29)32/h3-13,15,22H,14,16H2,1-2H3,(H,28,30)/t22-/m1/s1. The number of fused-ring (bicyclic) bond motifs is 1. The zero-order valence-electron chi connectivity index (χ0n) is 19.7. The molecule has 9 heteroatoms. The Bertz CT molecular complexity index is 1270. The predicted octanol–water partition coefficient (Wildman–Crippen LogP) is 3.09. The minimum Gasteiger partial charge on any atom is -0.497 e. The fourth-order valence-electron chi connectivity index (χ4n) is 3.94. The highest BCUT2D eigenvalue weighted by atomic mass is 16.5. The molecule has 0 bridgehead atoms. The molecule has 1 heterocycles. The number of ether oxygens (including phenoxy) is 3. The largest absolute Gasteiger partial charge is 0.497 e. The Hall–Kier alpha value is -4.66. The van der Waals surface area contributed by atoms with Crippen molar-refractivity contribution < 1.29 is 33.4 Å². The van der Waals surface area contributed by atoms with Gasteiger partial charge in [0.05, 0.1) is 31.0 Å². The quantitative estimate of drug-likeness (QED) is 0.364. The lowest BCUT2D eigenvalue weighted by atomic mass is 10.0. The molecule has 0 spiro atoms. The van der Waals surface area contributed by atoms with E-state index in [0.29, 0.717) is 17.2 Å². The zero-order valence-corrected chi connectivity index (χ0v) is 19.7. The van der Waals surface area contributed by atoms with Crippen LogP contribution in [-0.4, -0.2) is 55.5 Å². The molecule has 184 valence electrons. The molecule has 0 radical (unpaired) electrons. The van der Waals surface area contributed by atoms with Crippen molar-refractivity contribution in [3.8, 4) is 11.5 Å². The molecule has 0 unspecified atom stereocenters. The van der Waals surface area contributed by atoms with Crippen molar-refractivity contribution >= 4 is 29.4 Å². The third-order valence-corrected chi connectivity index (χ3v) is 5.71. The van der Waals surface area contributed by atoms with E-state index in [2.05, 4.69) is 5.32 Å². The van der Waals surface area contributed by atoms with Crippen LogP contribution < -0.4 is 14.8 Å². The van der Waals surface area contributed by atoms with Crippen LogP contribution in [0.4, 0.5) is 5.69 Å². The van der Waals surface area contributed by atoms with Crippen molar-refractivity contribution in [3.63, 3.8) is 0 Å². The van der Waals surface area contributed by atoms with Crippen LogP contribution in [0.5, 0.6) is 11.5 Å². The van der Waals surface area contributed by atoms with Gasteiger partial charge in [0.1, 0.15) is 17.5 Å². The summed E-state index contributed by atoms with van der Waals surface area (Å²) in [7, 11) is 2.94. The Labute approximate surface area is 207 Å². The average molecular weight is 488 g/mol. The van der Waals surface area contributed by atoms with Crippen molar-refractivity contribution in [3.05, 3.63) is 89.5 Å². The van der Waals surface area contributed by atoms with E-state index in [4.69, 9.17) is 14.2 Å². The van der Waals surface area contributed by atoms with E-state index < -0.39 is 36.3 Å². The first kappa shape index (κ1) is 24.5. The van der Waals surface area contributed by atoms with Crippen LogP contribution in [-0.2, 0) is 20.7 Å². The Balaban J connectivity index is 1.51. The Morgan fingerprint density at radius 2 is 1.50 bits per heavy atom. The van der Waals surface area contributed by atoms with Crippen molar-refractivity contribution in [2.24, 2.45) is 0 Å². The molecule has 0 saturated heterocycles. The van der Waals surface area contributed by atoms with Gasteiger partial charge in [0.15, 0.2) is 6.61 Å². The first-order chi connectivity index (χ1) is 17.4. The summed E-state index contributed by atoms with van der Waals surface area (Å²) in [6.45, 7) is -0.631. The van der Waals surface area contributed by atoms with E-state index >= 15 is 0 Å². The maximum Gasteiger partial charge on any atom is 0.330 e. The molecule has 36 heavy (non-hydrogen) atoms. The Morgan fingerprint density at radius 1 is 0.861 bits per heavy atom. The number of imide groups is 1. The molecule has 3 aromatic carbocycles. The fraction of sp³-hybridized carbons (Fsp3) is 0.185. The number of benzene rings is 3. The van der Waals surface area contributed by atoms with E-state index in [1.807, 2.05) is 6.07 Å². The van der Waals surface area contributed by atoms with Crippen LogP contribution in [0.1, 0.15) is 26.3 Å². The normalized spacial score (nSPS) is 13.1. The summed E-state index contributed by atoms with van der Waals surface area (Å²) in [5.41, 5.74) is 1.49. The van der Waals surface area contributed by atoms with Gasteiger partial charge in [-0.1, -0.05) is 42.5 Å². The summed E-state index contributed by atoms with van der Waals surface area (Å²) in [5, 5.41) is 2.61. The monoisotopic (exact) mass is 488 g/mol. The summed E-state index contributed by atoms with van der Waals surface area (Å²) < 4.78 is 15.7. The van der Waals surface area contributed by atoms with Gasteiger partial charge in [-0.2, -0.15) is 0 Å². The van der Waals surface area contributed by atoms with Crippen molar-refractivity contribution in [2.75, 3.05) is 26.1 Å². The molecule has 0 saturated carbocycles. The molecule has 0 fully saturated rings. The molecule has 9 nitrogen and oxygen atoms in total. The number of carbonyl (C=O) groups excluding carboxylic acids is 4. The number of amides is 3. The highest BCUT2D eigenvalue weighted by Gasteiger charge is 2.43. The fourth-order valence-corrected chi connectivity index (χ4v) is 3.94. The summed E-state index contributed by atoms with van der Waals surface area (Å²) in [6.07, 6.45) is 0.0382. The third-order valence-electron chi connectivity index (χ3n) is 5.71. The first-order valence-corrected chi connectivity index (χ1v) is 11.1. The number of esters is 1. The van der Waals surface area contributed by atoms with Crippen molar-refractivity contribution in [1.29, 1.82) is 0 Å². The summed E-state index contributed by atoms with van der Waals surface area (Å²) in [5.74, 6) is -1.78. The summed E-state index contributed by atoms with van der Waals surface area (Å²) in [4.78, 5) is 52.7. The van der Waals surface area contributed by atoms with Gasteiger partial charge >= 0.3 is 5.97 Å². The van der Waals surface area contributed by atoms with Crippen LogP contribution >= 0.6 is 0 Å². The van der Waals surface area contributed by atoms with Crippen LogP contribution in [0.3, 0.4) is 0 Å². The topological polar surface area (TPSA) is 111 Å². The van der Waals surface area contributed by atoms with E-state index in [-0.39, 0.29) is 17.5 Å². The Morgan fingerprint density at radius 3 is 2.11 bits per heavy atom. The van der Waals surface area contributed by atoms with Crippen LogP contribution in [0.25, 0.3) is 0 Å². The lowest BCUT2D eigenvalue weighted by molar-refractivity contribution is -0.151. The van der Waals surface area contributed by atoms with Gasteiger partial charge in [0.25, 0.3) is 17.7 Å². The van der Waals surface area contributed by atoms with E-state index in [9.17, 15) is 19.2 Å². The number of nitrogens with one attached hydrogen (secondary N) is 1. The number of hydrogen-bond donors (Lipinski definition) is 1. The van der Waals surface area contributed by atoms with Crippen molar-refractivity contribution in [1.82, 2.24) is 4.90 Å². The second-order valence-electron chi connectivity index (χ2n) is 7.95. The van der Waals surface area contributed by atoms with Gasteiger partial charge in [-0.05, 0) is 29.8 Å². The number of carbonyl (C=O) groups is 4. The van der Waals surface area contributed by atoms with Gasteiger partial charge in [-0.25, -0.2) is 4.79 Å². The third kappa shape index (κ3) is 5.05. The molecule has 0 aliphatic carbocycles. The van der Waals surface area contributed by atoms with Gasteiger partial charge in [-0.3, -0.25) is 19.3 Å². The Kier molecular flexibility index (Phi) is 7.29. The van der Waals surface area contributed by atoms with Crippen LogP contribution in [0, 0.1) is 0 Å². The summed E-state index contributed by atoms with van der Waals surface area (Å²) in [6, 6.07) is 18.9. The van der Waals surface area contributed by atoms with E-state index in [1.54, 1.807) is 54.6 Å². The molecule has 3 amide bonds. The maximum atomic E-state index is 13.2. The molecule has 1 aliphatic heterocycles. The van der Waals surface area contributed by atoms with Crippen molar-refractivity contribution in [2.45, 2.75) is 12.5 Å². The highest BCUT2D eigenvalue weighted by Crippen LogP contribution is 2.29. The molecule has 3 aromatic rings. The molecular formula is C27H24N2O7. The average Bonchev–Trinajstić information content (AvgIpc) is 3.16. The number of nitrogens with zero attached hydrogens (tertiary/aromatic N) is 1. The van der Waals surface area contributed by atoms with Gasteiger partial charge in [0.2, 0.25) is 0 Å². The van der Waals surface area contributed by atoms with Gasteiger partial charge in [-0.15, -0.1) is 0 Å². The van der Waals surface area contributed by atoms with Crippen LogP contribution in [0.2, 0.25) is 0 Å². The molecule has 0 aromatic heterocycles. The van der Waals surface area contributed by atoms with E-state index in [0.717, 1.165) is 10.5 Å². The summed E-state index contributed by atoms with van der Waals surface area (Å²) >= 11 is 0. The number of anilines is 1. The second kappa shape index (κ2) is 10.7. The maximum absolute atomic E-state index is 13.2. The second-order valence-corrected chi connectivity index (χ2v) is 7.95. The smallest absolute Gasteiger partial charge is 0.330 e. The van der Waals surface area contributed by atoms with Crippen LogP contribution in [0.15, 0.2) is 72.8 Å². The number of rotatable bonds is 9. The predicted molar refractivity (Wildman–Crippen MR) is 130 cm³/mol. The molecule has 1 atom stereocenters. The lowest BCUT2D eigenvalue weighted by Crippen LogP contribution is -2.47. The first-order valence-electron chi connectivity index (χ1n) is 11.1. The molecule has 4 rings (SSSR count). The van der Waals surface area contributed by atoms with Gasteiger partial charge in [0, 0.05) is 12.5 Å². The minimum atomic E-state index is -1.25. The van der Waals surface area contributed by atoms with Gasteiger partial charge < -0.3 is 19.5 Å². The molecule has 1 aliphatic rings. The number of methoxy groups -OCH3 is 2. The minimum absolute atomic E-state index is 0.0382. The zero-order chi connectivity index (χ0) is 25.7. The van der Waals surface area contributed by atoms with E-state index in [1.165, 1.54) is 26.4 Å². The number of hydrogen-bond acceptors (Lipinski definition) is 7.